The predicted octanol–water partition coefficient (Wildman–Crippen LogP) is 2.98. The Kier molecular flexibility index (Phi) is 7.24. The second kappa shape index (κ2) is 10.1. The molecule has 1 aromatic carbocycles. The second-order valence-electron chi connectivity index (χ2n) is 9.19. The van der Waals surface area contributed by atoms with Gasteiger partial charge in [0.05, 0.1) is 17.2 Å². The molecule has 0 radical (unpaired) electrons. The third-order valence-electron chi connectivity index (χ3n) is 7.19. The normalized spacial score (nSPS) is 22.7. The molecule has 2 fully saturated rings. The molecule has 2 heterocycles. The highest BCUT2D eigenvalue weighted by molar-refractivity contribution is 6.23. The molecule has 0 aromatic heterocycles. The average molecular weight is 457 g/mol. The van der Waals surface area contributed by atoms with E-state index < -0.39 is 17.9 Å². The van der Waals surface area contributed by atoms with Gasteiger partial charge in [0, 0.05) is 58.7 Å². The number of piperidine rings is 1. The summed E-state index contributed by atoms with van der Waals surface area (Å²) in [6.07, 6.45) is 4.16. The van der Waals surface area contributed by atoms with Crippen molar-refractivity contribution in [2.45, 2.75) is 63.7 Å². The van der Waals surface area contributed by atoms with Crippen molar-refractivity contribution in [2.24, 2.45) is 5.92 Å². The maximum atomic E-state index is 13.2. The molecule has 0 N–H and O–H groups in total. The number of imide groups is 1. The van der Waals surface area contributed by atoms with Gasteiger partial charge in [0.2, 0.25) is 0 Å². The van der Waals surface area contributed by atoms with Crippen LogP contribution in [0.25, 0.3) is 0 Å². The van der Waals surface area contributed by atoms with Gasteiger partial charge in [-0.25, -0.2) is 0 Å². The molecule has 2 aliphatic heterocycles. The van der Waals surface area contributed by atoms with Crippen molar-refractivity contribution in [1.29, 1.82) is 0 Å². The maximum absolute atomic E-state index is 13.2. The Labute approximate surface area is 194 Å². The molecule has 1 saturated heterocycles. The molecule has 178 valence electrons. The Balaban J connectivity index is 1.47. The summed E-state index contributed by atoms with van der Waals surface area (Å²) in [5.74, 6) is -0.410. The first kappa shape index (κ1) is 23.6. The van der Waals surface area contributed by atoms with Gasteiger partial charge in [-0.05, 0) is 49.8 Å². The minimum absolute atomic E-state index is 0.0807. The van der Waals surface area contributed by atoms with E-state index >= 15 is 0 Å². The first-order valence-electron chi connectivity index (χ1n) is 11.8. The van der Waals surface area contributed by atoms with Crippen LogP contribution in [-0.2, 0) is 19.1 Å². The lowest BCUT2D eigenvalue weighted by Gasteiger charge is -2.34. The average Bonchev–Trinajstić information content (AvgIpc) is 3.06. The molecule has 1 saturated carbocycles. The molecule has 1 atom stereocenters. The van der Waals surface area contributed by atoms with Crippen LogP contribution in [0.4, 0.5) is 5.69 Å². The first-order valence-corrected chi connectivity index (χ1v) is 11.8. The number of rotatable bonds is 6. The van der Waals surface area contributed by atoms with Gasteiger partial charge in [-0.15, -0.1) is 0 Å². The number of amides is 2. The molecule has 1 aliphatic carbocycles. The Morgan fingerprint density at radius 1 is 0.909 bits per heavy atom. The summed E-state index contributed by atoms with van der Waals surface area (Å²) in [6, 6.07) is 4.50. The van der Waals surface area contributed by atoms with Gasteiger partial charge in [-0.1, -0.05) is 0 Å². The van der Waals surface area contributed by atoms with Crippen LogP contribution in [0, 0.1) is 5.92 Å². The summed E-state index contributed by atoms with van der Waals surface area (Å²) in [7, 11) is 3.30. The minimum atomic E-state index is -0.852. The van der Waals surface area contributed by atoms with Crippen LogP contribution in [0.3, 0.4) is 0 Å². The zero-order valence-corrected chi connectivity index (χ0v) is 19.4. The smallest absolute Gasteiger partial charge is 0.262 e. The number of hydrogen-bond acceptors (Lipinski definition) is 7. The van der Waals surface area contributed by atoms with Crippen molar-refractivity contribution in [1.82, 2.24) is 4.90 Å². The third-order valence-corrected chi connectivity index (χ3v) is 7.19. The van der Waals surface area contributed by atoms with Crippen molar-refractivity contribution in [3.63, 3.8) is 0 Å². The summed E-state index contributed by atoms with van der Waals surface area (Å²) in [5.41, 5.74) is 1.59. The van der Waals surface area contributed by atoms with Crippen LogP contribution in [-0.4, -0.2) is 67.9 Å². The molecule has 8 nitrogen and oxygen atoms in total. The maximum Gasteiger partial charge on any atom is 0.262 e. The van der Waals surface area contributed by atoms with E-state index in [4.69, 9.17) is 9.47 Å². The van der Waals surface area contributed by atoms with Crippen LogP contribution in [0.5, 0.6) is 0 Å². The van der Waals surface area contributed by atoms with E-state index in [9.17, 15) is 19.2 Å². The highest BCUT2D eigenvalue weighted by Gasteiger charge is 2.43. The van der Waals surface area contributed by atoms with Crippen molar-refractivity contribution < 1.29 is 28.7 Å². The number of nitrogens with zero attached hydrogens (tertiary/aromatic N) is 2. The van der Waals surface area contributed by atoms with Crippen molar-refractivity contribution in [3.8, 4) is 0 Å². The first-order chi connectivity index (χ1) is 15.9. The number of benzene rings is 1. The summed E-state index contributed by atoms with van der Waals surface area (Å²) in [6.45, 7) is 1.69. The Bertz CT molecular complexity index is 933. The van der Waals surface area contributed by atoms with Gasteiger partial charge in [0.15, 0.2) is 12.1 Å². The topological polar surface area (TPSA) is 93.2 Å². The molecule has 2 amide bonds. The molecule has 4 rings (SSSR count). The van der Waals surface area contributed by atoms with Crippen molar-refractivity contribution in [2.75, 3.05) is 32.2 Å². The summed E-state index contributed by atoms with van der Waals surface area (Å²) >= 11 is 0. The number of methoxy groups -OCH3 is 2. The van der Waals surface area contributed by atoms with Gasteiger partial charge in [-0.2, -0.15) is 0 Å². The number of ether oxygens (including phenoxy) is 2. The molecular formula is C25H32N2O6. The molecule has 33 heavy (non-hydrogen) atoms. The van der Waals surface area contributed by atoms with Crippen LogP contribution in [0.2, 0.25) is 0 Å². The predicted molar refractivity (Wildman–Crippen MR) is 121 cm³/mol. The SMILES string of the molecule is COC(CC1CCN(c2ccc3c(c2)C(=O)N(C2CCC(=O)CCCC2=O)C3=O)CC1)OC. The zero-order valence-electron chi connectivity index (χ0n) is 19.4. The number of carbonyl (C=O) groups excluding carboxylic acids is 4. The Hall–Kier alpha value is -2.58. The number of Topliss-reactive ketones (excluding diaryl/α,β-unsaturated/α-hetero) is 2. The quantitative estimate of drug-likeness (QED) is 0.480. The number of carbonyl (C=O) groups is 4. The standard InChI is InChI=1S/C25H32N2O6/c1-32-23(33-2)14-16-10-12-26(13-11-16)17-6-8-19-20(15-17)25(31)27(24(19)30)21-9-7-18(28)4-3-5-22(21)29/h6,8,15-16,21,23H,3-5,7,9-14H2,1-2H3. The lowest BCUT2D eigenvalue weighted by Crippen LogP contribution is -2.45. The fourth-order valence-corrected chi connectivity index (χ4v) is 5.20. The lowest BCUT2D eigenvalue weighted by atomic mass is 9.92. The van der Waals surface area contributed by atoms with Gasteiger partial charge in [-0.3, -0.25) is 24.1 Å². The molecule has 1 aromatic rings. The van der Waals surface area contributed by atoms with E-state index in [2.05, 4.69) is 4.90 Å². The number of hydrogen-bond donors (Lipinski definition) is 0. The van der Waals surface area contributed by atoms with Crippen LogP contribution in [0.15, 0.2) is 18.2 Å². The van der Waals surface area contributed by atoms with E-state index in [1.165, 1.54) is 0 Å². The largest absolute Gasteiger partial charge is 0.371 e. The highest BCUT2D eigenvalue weighted by atomic mass is 16.7. The molecule has 0 bridgehead atoms. The summed E-state index contributed by atoms with van der Waals surface area (Å²) in [5, 5.41) is 0. The third kappa shape index (κ3) is 4.87. The van der Waals surface area contributed by atoms with Crippen LogP contribution >= 0.6 is 0 Å². The molecule has 0 spiro atoms. The molecule has 8 heteroatoms. The second-order valence-corrected chi connectivity index (χ2v) is 9.19. The number of anilines is 1. The lowest BCUT2D eigenvalue weighted by molar-refractivity contribution is -0.125. The van der Waals surface area contributed by atoms with Gasteiger partial charge >= 0.3 is 0 Å². The summed E-state index contributed by atoms with van der Waals surface area (Å²) in [4.78, 5) is 54.2. The van der Waals surface area contributed by atoms with Crippen LogP contribution in [0.1, 0.15) is 72.1 Å². The molecule has 1 unspecified atom stereocenters. The van der Waals surface area contributed by atoms with Gasteiger partial charge < -0.3 is 14.4 Å². The number of ketones is 2. The van der Waals surface area contributed by atoms with E-state index in [-0.39, 0.29) is 37.1 Å². The van der Waals surface area contributed by atoms with E-state index in [1.807, 2.05) is 6.07 Å². The van der Waals surface area contributed by atoms with Crippen molar-refractivity contribution in [3.05, 3.63) is 29.3 Å². The molecule has 3 aliphatic rings. The monoisotopic (exact) mass is 456 g/mol. The fourth-order valence-electron chi connectivity index (χ4n) is 5.20. The highest BCUT2D eigenvalue weighted by Crippen LogP contribution is 2.33. The van der Waals surface area contributed by atoms with Crippen LogP contribution < -0.4 is 4.90 Å². The summed E-state index contributed by atoms with van der Waals surface area (Å²) < 4.78 is 10.6. The molecular weight excluding hydrogens is 424 g/mol. The Morgan fingerprint density at radius 3 is 2.30 bits per heavy atom. The fraction of sp³-hybridized carbons (Fsp3) is 0.600. The Morgan fingerprint density at radius 2 is 1.61 bits per heavy atom. The number of fused-ring (bicyclic) bond motifs is 1. The van der Waals surface area contributed by atoms with E-state index in [0.29, 0.717) is 29.9 Å². The van der Waals surface area contributed by atoms with Gasteiger partial charge in [0.1, 0.15) is 5.78 Å². The van der Waals surface area contributed by atoms with Gasteiger partial charge in [0.25, 0.3) is 11.8 Å². The zero-order chi connectivity index (χ0) is 23.5. The van der Waals surface area contributed by atoms with Crippen molar-refractivity contribution >= 4 is 29.1 Å². The minimum Gasteiger partial charge on any atom is -0.371 e. The van der Waals surface area contributed by atoms with E-state index in [1.54, 1.807) is 26.4 Å². The van der Waals surface area contributed by atoms with E-state index in [0.717, 1.165) is 42.9 Å².